The Morgan fingerprint density at radius 1 is 0.739 bits per heavy atom. The zero-order valence-corrected chi connectivity index (χ0v) is 12.8. The third-order valence-electron chi connectivity index (χ3n) is 3.84. The molecule has 0 amide bonds. The second-order valence-corrected chi connectivity index (χ2v) is 5.52. The molecule has 4 rings (SSSR count). The van der Waals surface area contributed by atoms with Crippen molar-refractivity contribution in [1.82, 2.24) is 15.0 Å². The third kappa shape index (κ3) is 2.57. The third-order valence-corrected chi connectivity index (χ3v) is 3.84. The van der Waals surface area contributed by atoms with E-state index in [1.807, 2.05) is 42.5 Å². The molecule has 3 nitrogen and oxygen atoms in total. The van der Waals surface area contributed by atoms with Gasteiger partial charge in [-0.05, 0) is 31.2 Å². The molecule has 3 heteroatoms. The van der Waals surface area contributed by atoms with Crippen molar-refractivity contribution in [3.05, 3.63) is 78.6 Å². The fourth-order valence-electron chi connectivity index (χ4n) is 2.69. The quantitative estimate of drug-likeness (QED) is 0.540. The molecular formula is C20H15N3. The molecule has 0 spiro atoms. The Morgan fingerprint density at radius 3 is 2.30 bits per heavy atom. The summed E-state index contributed by atoms with van der Waals surface area (Å²) in [6, 6.07) is 20.3. The SMILES string of the molecule is Cc1ccc2nc(-c3ccccc3)nc(-c3ccncc3)c2c1. The molecule has 0 aliphatic heterocycles. The van der Waals surface area contributed by atoms with Crippen molar-refractivity contribution < 1.29 is 0 Å². The Morgan fingerprint density at radius 2 is 1.52 bits per heavy atom. The van der Waals surface area contributed by atoms with E-state index in [1.54, 1.807) is 12.4 Å². The summed E-state index contributed by atoms with van der Waals surface area (Å²) in [5.41, 5.74) is 5.17. The van der Waals surface area contributed by atoms with E-state index in [2.05, 4.69) is 30.1 Å². The van der Waals surface area contributed by atoms with Gasteiger partial charge in [-0.1, -0.05) is 42.0 Å². The number of pyridine rings is 1. The number of hydrogen-bond donors (Lipinski definition) is 0. The lowest BCUT2D eigenvalue weighted by molar-refractivity contribution is 1.22. The van der Waals surface area contributed by atoms with Crippen LogP contribution in [0.4, 0.5) is 0 Å². The Kier molecular flexibility index (Phi) is 3.31. The lowest BCUT2D eigenvalue weighted by Gasteiger charge is -2.10. The van der Waals surface area contributed by atoms with Gasteiger partial charge in [-0.3, -0.25) is 4.98 Å². The van der Waals surface area contributed by atoms with Gasteiger partial charge in [0, 0.05) is 28.9 Å². The van der Waals surface area contributed by atoms with Gasteiger partial charge < -0.3 is 0 Å². The van der Waals surface area contributed by atoms with Gasteiger partial charge in [0.1, 0.15) is 0 Å². The summed E-state index contributed by atoms with van der Waals surface area (Å²) in [6.45, 7) is 2.08. The first-order chi connectivity index (χ1) is 11.3. The highest BCUT2D eigenvalue weighted by Gasteiger charge is 2.11. The lowest BCUT2D eigenvalue weighted by Crippen LogP contribution is -1.95. The van der Waals surface area contributed by atoms with Crippen molar-refractivity contribution >= 4 is 10.9 Å². The van der Waals surface area contributed by atoms with Crippen LogP contribution >= 0.6 is 0 Å². The topological polar surface area (TPSA) is 38.7 Å². The molecule has 0 aliphatic rings. The van der Waals surface area contributed by atoms with E-state index < -0.39 is 0 Å². The molecule has 23 heavy (non-hydrogen) atoms. The number of nitrogens with zero attached hydrogens (tertiary/aromatic N) is 3. The van der Waals surface area contributed by atoms with Crippen LogP contribution < -0.4 is 0 Å². The summed E-state index contributed by atoms with van der Waals surface area (Å²) in [6.07, 6.45) is 3.59. The Hall–Kier alpha value is -3.07. The van der Waals surface area contributed by atoms with Gasteiger partial charge in [0.15, 0.2) is 5.82 Å². The predicted octanol–water partition coefficient (Wildman–Crippen LogP) is 4.67. The van der Waals surface area contributed by atoms with Crippen molar-refractivity contribution in [2.75, 3.05) is 0 Å². The maximum absolute atomic E-state index is 4.84. The average molecular weight is 297 g/mol. The van der Waals surface area contributed by atoms with E-state index in [9.17, 15) is 0 Å². The van der Waals surface area contributed by atoms with E-state index >= 15 is 0 Å². The van der Waals surface area contributed by atoms with E-state index in [-0.39, 0.29) is 0 Å². The van der Waals surface area contributed by atoms with Crippen LogP contribution in [0.15, 0.2) is 73.1 Å². The summed E-state index contributed by atoms with van der Waals surface area (Å²) in [7, 11) is 0. The first-order valence-corrected chi connectivity index (χ1v) is 7.55. The first-order valence-electron chi connectivity index (χ1n) is 7.55. The summed E-state index contributed by atoms with van der Waals surface area (Å²) in [5.74, 6) is 0.744. The maximum atomic E-state index is 4.84. The van der Waals surface area contributed by atoms with Crippen LogP contribution in [0.1, 0.15) is 5.56 Å². The van der Waals surface area contributed by atoms with Crippen LogP contribution in [0.5, 0.6) is 0 Å². The summed E-state index contributed by atoms with van der Waals surface area (Å²) < 4.78 is 0. The van der Waals surface area contributed by atoms with Crippen LogP contribution in [0.3, 0.4) is 0 Å². The molecule has 0 radical (unpaired) electrons. The van der Waals surface area contributed by atoms with Gasteiger partial charge in [0.25, 0.3) is 0 Å². The minimum Gasteiger partial charge on any atom is -0.265 e. The molecule has 2 aromatic heterocycles. The summed E-state index contributed by atoms with van der Waals surface area (Å²) in [4.78, 5) is 13.7. The lowest BCUT2D eigenvalue weighted by atomic mass is 10.0. The monoisotopic (exact) mass is 297 g/mol. The Balaban J connectivity index is 2.04. The second-order valence-electron chi connectivity index (χ2n) is 5.52. The number of aryl methyl sites for hydroxylation is 1. The number of rotatable bonds is 2. The molecule has 2 aromatic carbocycles. The largest absolute Gasteiger partial charge is 0.265 e. The smallest absolute Gasteiger partial charge is 0.160 e. The van der Waals surface area contributed by atoms with E-state index in [0.29, 0.717) is 0 Å². The highest BCUT2D eigenvalue weighted by molar-refractivity contribution is 5.93. The molecule has 0 aliphatic carbocycles. The first kappa shape index (κ1) is 13.6. The Bertz CT molecular complexity index is 964. The van der Waals surface area contributed by atoms with Gasteiger partial charge in [0.05, 0.1) is 11.2 Å². The molecule has 110 valence electrons. The number of hydrogen-bond acceptors (Lipinski definition) is 3. The van der Waals surface area contributed by atoms with E-state index in [1.165, 1.54) is 5.56 Å². The number of aromatic nitrogens is 3. The molecule has 0 N–H and O–H groups in total. The Labute approximate surface area is 134 Å². The minimum absolute atomic E-state index is 0.744. The zero-order valence-electron chi connectivity index (χ0n) is 12.8. The molecule has 0 fully saturated rings. The van der Waals surface area contributed by atoms with Crippen LogP contribution in [-0.2, 0) is 0 Å². The van der Waals surface area contributed by atoms with Crippen LogP contribution in [0, 0.1) is 6.92 Å². The highest BCUT2D eigenvalue weighted by Crippen LogP contribution is 2.29. The predicted molar refractivity (Wildman–Crippen MR) is 92.9 cm³/mol. The van der Waals surface area contributed by atoms with Gasteiger partial charge in [-0.2, -0.15) is 0 Å². The normalized spacial score (nSPS) is 10.8. The van der Waals surface area contributed by atoms with Gasteiger partial charge >= 0.3 is 0 Å². The molecule has 0 bridgehead atoms. The van der Waals surface area contributed by atoms with Crippen molar-refractivity contribution in [2.24, 2.45) is 0 Å². The van der Waals surface area contributed by atoms with E-state index in [4.69, 9.17) is 9.97 Å². The highest BCUT2D eigenvalue weighted by atomic mass is 14.9. The molecule has 0 saturated carbocycles. The van der Waals surface area contributed by atoms with Crippen molar-refractivity contribution in [3.63, 3.8) is 0 Å². The molecule has 0 atom stereocenters. The number of benzene rings is 2. The summed E-state index contributed by atoms with van der Waals surface area (Å²) in [5, 5.41) is 1.07. The number of fused-ring (bicyclic) bond motifs is 1. The van der Waals surface area contributed by atoms with Crippen molar-refractivity contribution in [2.45, 2.75) is 6.92 Å². The second kappa shape index (κ2) is 5.61. The van der Waals surface area contributed by atoms with Crippen LogP contribution in [0.25, 0.3) is 33.5 Å². The molecule has 0 unspecified atom stereocenters. The molecule has 4 aromatic rings. The van der Waals surface area contributed by atoms with Gasteiger partial charge in [-0.15, -0.1) is 0 Å². The molecule has 2 heterocycles. The fourth-order valence-corrected chi connectivity index (χ4v) is 2.69. The summed E-state index contributed by atoms with van der Waals surface area (Å²) >= 11 is 0. The van der Waals surface area contributed by atoms with E-state index in [0.717, 1.165) is 33.5 Å². The van der Waals surface area contributed by atoms with Crippen molar-refractivity contribution in [1.29, 1.82) is 0 Å². The van der Waals surface area contributed by atoms with Crippen molar-refractivity contribution in [3.8, 4) is 22.6 Å². The van der Waals surface area contributed by atoms with Gasteiger partial charge in [0.2, 0.25) is 0 Å². The van der Waals surface area contributed by atoms with Crippen LogP contribution in [0.2, 0.25) is 0 Å². The fraction of sp³-hybridized carbons (Fsp3) is 0.0500. The molecular weight excluding hydrogens is 282 g/mol. The zero-order chi connectivity index (χ0) is 15.6. The van der Waals surface area contributed by atoms with Gasteiger partial charge in [-0.25, -0.2) is 9.97 Å². The molecule has 0 saturated heterocycles. The average Bonchev–Trinajstić information content (AvgIpc) is 2.62. The standard InChI is InChI=1S/C20H15N3/c1-14-7-8-18-17(13-14)19(15-9-11-21-12-10-15)23-20(22-18)16-5-3-2-4-6-16/h2-13H,1H3. The minimum atomic E-state index is 0.744. The maximum Gasteiger partial charge on any atom is 0.160 e. The van der Waals surface area contributed by atoms with Crippen LogP contribution in [-0.4, -0.2) is 15.0 Å².